The summed E-state index contributed by atoms with van der Waals surface area (Å²) in [6, 6.07) is 7.77. The van der Waals surface area contributed by atoms with Crippen LogP contribution in [0.5, 0.6) is 0 Å². The second kappa shape index (κ2) is 6.59. The SMILES string of the molecule is Fc1cc(F)c2nc(N3CCN(c4cccc(Cl)c4Cl)CC3)sc2c1. The molecule has 1 aliphatic heterocycles. The van der Waals surface area contributed by atoms with E-state index in [1.807, 2.05) is 12.1 Å². The molecule has 130 valence electrons. The summed E-state index contributed by atoms with van der Waals surface area (Å²) in [5, 5.41) is 1.79. The van der Waals surface area contributed by atoms with Gasteiger partial charge in [-0.05, 0) is 18.2 Å². The molecule has 0 aliphatic carbocycles. The fourth-order valence-corrected chi connectivity index (χ4v) is 4.43. The minimum absolute atomic E-state index is 0.224. The number of fused-ring (bicyclic) bond motifs is 1. The minimum atomic E-state index is -0.623. The lowest BCUT2D eigenvalue weighted by atomic mass is 10.2. The molecule has 3 nitrogen and oxygen atoms in total. The van der Waals surface area contributed by atoms with Gasteiger partial charge in [-0.25, -0.2) is 13.8 Å². The van der Waals surface area contributed by atoms with Crippen molar-refractivity contribution in [3.8, 4) is 0 Å². The maximum absolute atomic E-state index is 13.8. The molecular weight excluding hydrogens is 387 g/mol. The van der Waals surface area contributed by atoms with Gasteiger partial charge in [0.1, 0.15) is 11.3 Å². The molecule has 1 aromatic heterocycles. The summed E-state index contributed by atoms with van der Waals surface area (Å²) in [7, 11) is 0. The van der Waals surface area contributed by atoms with Crippen molar-refractivity contribution in [2.24, 2.45) is 0 Å². The molecule has 0 unspecified atom stereocenters. The van der Waals surface area contributed by atoms with E-state index in [1.165, 1.54) is 17.4 Å². The van der Waals surface area contributed by atoms with Crippen molar-refractivity contribution < 1.29 is 8.78 Å². The largest absolute Gasteiger partial charge is 0.367 e. The zero-order chi connectivity index (χ0) is 17.6. The fraction of sp³-hybridized carbons (Fsp3) is 0.235. The molecule has 0 atom stereocenters. The van der Waals surface area contributed by atoms with Crippen LogP contribution in [0.3, 0.4) is 0 Å². The lowest BCUT2D eigenvalue weighted by Gasteiger charge is -2.36. The number of halogens is 4. The Bertz CT molecular complexity index is 939. The van der Waals surface area contributed by atoms with Crippen LogP contribution in [-0.4, -0.2) is 31.2 Å². The highest BCUT2D eigenvalue weighted by Crippen LogP contribution is 2.35. The predicted molar refractivity (Wildman–Crippen MR) is 100 cm³/mol. The summed E-state index contributed by atoms with van der Waals surface area (Å²) >= 11 is 13.7. The van der Waals surface area contributed by atoms with E-state index >= 15 is 0 Å². The summed E-state index contributed by atoms with van der Waals surface area (Å²) in [4.78, 5) is 8.59. The quantitative estimate of drug-likeness (QED) is 0.589. The van der Waals surface area contributed by atoms with E-state index < -0.39 is 11.6 Å². The highest BCUT2D eigenvalue weighted by atomic mass is 35.5. The van der Waals surface area contributed by atoms with E-state index in [9.17, 15) is 8.78 Å². The highest BCUT2D eigenvalue weighted by Gasteiger charge is 2.22. The van der Waals surface area contributed by atoms with Gasteiger partial charge in [0, 0.05) is 32.2 Å². The van der Waals surface area contributed by atoms with Crippen molar-refractivity contribution in [2.75, 3.05) is 36.0 Å². The Morgan fingerprint density at radius 1 is 1.00 bits per heavy atom. The third-order valence-corrected chi connectivity index (χ3v) is 6.10. The van der Waals surface area contributed by atoms with Crippen LogP contribution in [0.25, 0.3) is 10.2 Å². The molecule has 2 heterocycles. The Balaban J connectivity index is 1.54. The Morgan fingerprint density at radius 3 is 2.48 bits per heavy atom. The van der Waals surface area contributed by atoms with Gasteiger partial charge in [0.2, 0.25) is 0 Å². The van der Waals surface area contributed by atoms with Gasteiger partial charge in [0.15, 0.2) is 10.9 Å². The first-order valence-corrected chi connectivity index (χ1v) is 9.29. The van der Waals surface area contributed by atoms with Crippen LogP contribution in [0, 0.1) is 11.6 Å². The van der Waals surface area contributed by atoms with Gasteiger partial charge in [-0.1, -0.05) is 40.6 Å². The molecule has 8 heteroatoms. The van der Waals surface area contributed by atoms with Gasteiger partial charge in [-0.3, -0.25) is 0 Å². The molecular formula is C17H13Cl2F2N3S. The number of aromatic nitrogens is 1. The van der Waals surface area contributed by atoms with E-state index in [0.717, 1.165) is 24.8 Å². The molecule has 0 bridgehead atoms. The number of nitrogens with zero attached hydrogens (tertiary/aromatic N) is 3. The molecule has 1 saturated heterocycles. The number of rotatable bonds is 2. The summed E-state index contributed by atoms with van der Waals surface area (Å²) in [6.07, 6.45) is 0. The standard InChI is InChI=1S/C17H13Cl2F2N3S/c18-11-2-1-3-13(15(11)19)23-4-6-24(7-5-23)17-22-16-12(21)8-10(20)9-14(16)25-17/h1-3,8-9H,4-7H2. The molecule has 0 amide bonds. The van der Waals surface area contributed by atoms with E-state index in [2.05, 4.69) is 14.8 Å². The number of anilines is 2. The van der Waals surface area contributed by atoms with Crippen molar-refractivity contribution in [3.05, 3.63) is 52.0 Å². The van der Waals surface area contributed by atoms with Crippen molar-refractivity contribution in [1.82, 2.24) is 4.98 Å². The predicted octanol–water partition coefficient (Wildman–Crippen LogP) is 5.21. The lowest BCUT2D eigenvalue weighted by Crippen LogP contribution is -2.46. The Kier molecular flexibility index (Phi) is 4.43. The second-order valence-electron chi connectivity index (χ2n) is 5.78. The number of thiazole rings is 1. The minimum Gasteiger partial charge on any atom is -0.367 e. The maximum atomic E-state index is 13.8. The van der Waals surface area contributed by atoms with Crippen LogP contribution < -0.4 is 9.80 Å². The van der Waals surface area contributed by atoms with Gasteiger partial charge in [-0.15, -0.1) is 0 Å². The smallest absolute Gasteiger partial charge is 0.186 e. The number of piperazine rings is 1. The van der Waals surface area contributed by atoms with Crippen molar-refractivity contribution in [2.45, 2.75) is 0 Å². The van der Waals surface area contributed by atoms with Gasteiger partial charge >= 0.3 is 0 Å². The van der Waals surface area contributed by atoms with Gasteiger partial charge in [0.25, 0.3) is 0 Å². The van der Waals surface area contributed by atoms with Crippen LogP contribution in [-0.2, 0) is 0 Å². The first-order valence-electron chi connectivity index (χ1n) is 7.72. The Labute approximate surface area is 157 Å². The molecule has 1 fully saturated rings. The topological polar surface area (TPSA) is 19.4 Å². The molecule has 0 spiro atoms. The summed E-state index contributed by atoms with van der Waals surface area (Å²) in [5.74, 6) is -1.21. The van der Waals surface area contributed by atoms with Gasteiger partial charge in [0.05, 0.1) is 20.4 Å². The van der Waals surface area contributed by atoms with Gasteiger partial charge < -0.3 is 9.80 Å². The Hall–Kier alpha value is -1.63. The maximum Gasteiger partial charge on any atom is 0.186 e. The molecule has 0 saturated carbocycles. The van der Waals surface area contributed by atoms with Crippen LogP contribution in [0.15, 0.2) is 30.3 Å². The lowest BCUT2D eigenvalue weighted by molar-refractivity contribution is 0.591. The normalized spacial score (nSPS) is 15.2. The van der Waals surface area contributed by atoms with Gasteiger partial charge in [-0.2, -0.15) is 0 Å². The molecule has 0 radical (unpaired) electrons. The number of hydrogen-bond donors (Lipinski definition) is 0. The average Bonchev–Trinajstić information content (AvgIpc) is 3.02. The molecule has 1 aliphatic rings. The van der Waals surface area contributed by atoms with Crippen LogP contribution in [0.4, 0.5) is 19.6 Å². The number of hydrogen-bond acceptors (Lipinski definition) is 4. The van der Waals surface area contributed by atoms with E-state index in [1.54, 1.807) is 6.07 Å². The Morgan fingerprint density at radius 2 is 1.72 bits per heavy atom. The molecule has 25 heavy (non-hydrogen) atoms. The summed E-state index contributed by atoms with van der Waals surface area (Å²) < 4.78 is 27.7. The highest BCUT2D eigenvalue weighted by molar-refractivity contribution is 7.22. The zero-order valence-corrected chi connectivity index (χ0v) is 15.3. The fourth-order valence-electron chi connectivity index (χ4n) is 2.96. The molecule has 3 aromatic rings. The first-order chi connectivity index (χ1) is 12.0. The molecule has 0 N–H and O–H groups in total. The average molecular weight is 400 g/mol. The number of benzene rings is 2. The molecule has 2 aromatic carbocycles. The van der Waals surface area contributed by atoms with E-state index in [4.69, 9.17) is 23.2 Å². The van der Waals surface area contributed by atoms with Crippen LogP contribution in [0.1, 0.15) is 0 Å². The van der Waals surface area contributed by atoms with Crippen molar-refractivity contribution >= 4 is 55.6 Å². The molecule has 4 rings (SSSR count). The summed E-state index contributed by atoms with van der Waals surface area (Å²) in [5.41, 5.74) is 1.13. The first kappa shape index (κ1) is 16.8. The van der Waals surface area contributed by atoms with E-state index in [0.29, 0.717) is 33.0 Å². The third-order valence-electron chi connectivity index (χ3n) is 4.22. The zero-order valence-electron chi connectivity index (χ0n) is 13.0. The van der Waals surface area contributed by atoms with Crippen molar-refractivity contribution in [3.63, 3.8) is 0 Å². The third kappa shape index (κ3) is 3.14. The second-order valence-corrected chi connectivity index (χ2v) is 7.57. The monoisotopic (exact) mass is 399 g/mol. The van der Waals surface area contributed by atoms with Crippen LogP contribution in [0.2, 0.25) is 10.0 Å². The van der Waals surface area contributed by atoms with Crippen molar-refractivity contribution in [1.29, 1.82) is 0 Å². The van der Waals surface area contributed by atoms with Crippen LogP contribution >= 0.6 is 34.5 Å². The van der Waals surface area contributed by atoms with E-state index in [-0.39, 0.29) is 5.52 Å². The summed E-state index contributed by atoms with van der Waals surface area (Å²) in [6.45, 7) is 2.92.